The molecule has 0 aliphatic heterocycles. The fourth-order valence-electron chi connectivity index (χ4n) is 2.75. The van der Waals surface area contributed by atoms with Crippen molar-refractivity contribution in [1.82, 2.24) is 4.57 Å². The van der Waals surface area contributed by atoms with Gasteiger partial charge in [0.2, 0.25) is 11.8 Å². The average Bonchev–Trinajstić information content (AvgIpc) is 2.72. The number of nitriles is 1. The van der Waals surface area contributed by atoms with Gasteiger partial charge in [-0.3, -0.25) is 4.57 Å². The van der Waals surface area contributed by atoms with E-state index in [1.165, 1.54) is 16.7 Å². The molecule has 0 bridgehead atoms. The first-order valence-corrected chi connectivity index (χ1v) is 6.48. The van der Waals surface area contributed by atoms with E-state index < -0.39 is 5.82 Å². The number of hydrogen-bond donors (Lipinski definition) is 2. The maximum Gasteiger partial charge on any atom is 0.202 e. The summed E-state index contributed by atoms with van der Waals surface area (Å²) in [5.41, 5.74) is 1.76. The topological polar surface area (TPSA) is 69.2 Å². The van der Waals surface area contributed by atoms with E-state index in [9.17, 15) is 14.6 Å². The van der Waals surface area contributed by atoms with Crippen LogP contribution in [-0.2, 0) is 12.8 Å². The zero-order valence-electron chi connectivity index (χ0n) is 10.7. The molecular weight excluding hydrogens is 259 g/mol. The molecule has 1 aliphatic carbocycles. The van der Waals surface area contributed by atoms with E-state index >= 15 is 0 Å². The van der Waals surface area contributed by atoms with Gasteiger partial charge in [-0.05, 0) is 43.9 Å². The summed E-state index contributed by atoms with van der Waals surface area (Å²) in [4.78, 5) is 0. The quantitative estimate of drug-likeness (QED) is 0.838. The van der Waals surface area contributed by atoms with E-state index in [0.717, 1.165) is 30.0 Å². The fraction of sp³-hybridized carbons (Fsp3) is 0.267. The van der Waals surface area contributed by atoms with Crippen LogP contribution in [0.5, 0.6) is 11.8 Å². The van der Waals surface area contributed by atoms with Crippen molar-refractivity contribution in [2.75, 3.05) is 0 Å². The molecule has 3 rings (SSSR count). The van der Waals surface area contributed by atoms with Crippen molar-refractivity contribution in [2.24, 2.45) is 0 Å². The first-order valence-electron chi connectivity index (χ1n) is 6.48. The SMILES string of the molecule is N#Cc1cc(-n2c(O)c3c(c2O)CCCC3)ccc1F. The van der Waals surface area contributed by atoms with E-state index in [0.29, 0.717) is 18.5 Å². The van der Waals surface area contributed by atoms with Crippen molar-refractivity contribution in [3.8, 4) is 23.5 Å². The van der Waals surface area contributed by atoms with Gasteiger partial charge in [-0.1, -0.05) is 0 Å². The summed E-state index contributed by atoms with van der Waals surface area (Å²) in [7, 11) is 0. The van der Waals surface area contributed by atoms with Gasteiger partial charge in [0.15, 0.2) is 0 Å². The molecule has 5 heteroatoms. The first-order chi connectivity index (χ1) is 9.63. The average molecular weight is 272 g/mol. The third kappa shape index (κ3) is 1.73. The van der Waals surface area contributed by atoms with Crippen LogP contribution in [0.2, 0.25) is 0 Å². The van der Waals surface area contributed by atoms with Gasteiger partial charge >= 0.3 is 0 Å². The lowest BCUT2D eigenvalue weighted by Crippen LogP contribution is -1.98. The molecule has 1 aromatic heterocycles. The molecule has 0 amide bonds. The lowest BCUT2D eigenvalue weighted by atomic mass is 9.95. The molecule has 0 radical (unpaired) electrons. The van der Waals surface area contributed by atoms with Crippen molar-refractivity contribution in [3.63, 3.8) is 0 Å². The Morgan fingerprint density at radius 3 is 2.25 bits per heavy atom. The Kier molecular flexibility index (Phi) is 2.87. The third-order valence-corrected chi connectivity index (χ3v) is 3.76. The van der Waals surface area contributed by atoms with Gasteiger partial charge in [0.1, 0.15) is 11.9 Å². The van der Waals surface area contributed by atoms with E-state index in [1.54, 1.807) is 6.07 Å². The molecule has 0 fully saturated rings. The zero-order chi connectivity index (χ0) is 14.3. The molecule has 0 spiro atoms. The minimum absolute atomic E-state index is 0.0207. The molecule has 0 atom stereocenters. The lowest BCUT2D eigenvalue weighted by molar-refractivity contribution is 0.399. The smallest absolute Gasteiger partial charge is 0.202 e. The third-order valence-electron chi connectivity index (χ3n) is 3.76. The van der Waals surface area contributed by atoms with Crippen LogP contribution in [0.15, 0.2) is 18.2 Å². The van der Waals surface area contributed by atoms with Crippen LogP contribution in [0.25, 0.3) is 5.69 Å². The summed E-state index contributed by atoms with van der Waals surface area (Å²) < 4.78 is 14.6. The summed E-state index contributed by atoms with van der Waals surface area (Å²) in [5, 5.41) is 29.4. The number of benzene rings is 1. The molecule has 20 heavy (non-hydrogen) atoms. The highest BCUT2D eigenvalue weighted by molar-refractivity contribution is 5.55. The molecule has 0 saturated heterocycles. The second-order valence-corrected chi connectivity index (χ2v) is 4.92. The summed E-state index contributed by atoms with van der Waals surface area (Å²) in [6.45, 7) is 0. The normalized spacial score (nSPS) is 13.8. The van der Waals surface area contributed by atoms with Crippen LogP contribution in [0, 0.1) is 17.1 Å². The van der Waals surface area contributed by atoms with Crippen LogP contribution < -0.4 is 0 Å². The standard InChI is InChI=1S/C15H13FN2O2/c16-13-6-5-10(7-9(13)8-17)18-14(19)11-3-1-2-4-12(11)15(18)20/h5-7,19-20H,1-4H2. The van der Waals surface area contributed by atoms with E-state index in [-0.39, 0.29) is 17.3 Å². The van der Waals surface area contributed by atoms with Gasteiger partial charge in [-0.25, -0.2) is 4.39 Å². The summed E-state index contributed by atoms with van der Waals surface area (Å²) in [6.07, 6.45) is 3.37. The summed E-state index contributed by atoms with van der Waals surface area (Å²) in [5.74, 6) is -0.660. The Morgan fingerprint density at radius 1 is 1.10 bits per heavy atom. The first kappa shape index (κ1) is 12.5. The maximum atomic E-state index is 13.4. The fourth-order valence-corrected chi connectivity index (χ4v) is 2.75. The Bertz CT molecular complexity index is 699. The largest absolute Gasteiger partial charge is 0.494 e. The van der Waals surface area contributed by atoms with Gasteiger partial charge in [0.25, 0.3) is 0 Å². The van der Waals surface area contributed by atoms with Gasteiger partial charge < -0.3 is 10.2 Å². The maximum absolute atomic E-state index is 13.4. The van der Waals surface area contributed by atoms with E-state index in [4.69, 9.17) is 5.26 Å². The monoisotopic (exact) mass is 272 g/mol. The highest BCUT2D eigenvalue weighted by Crippen LogP contribution is 2.40. The Balaban J connectivity index is 2.21. The van der Waals surface area contributed by atoms with E-state index in [1.807, 2.05) is 0 Å². The number of rotatable bonds is 1. The molecule has 2 N–H and O–H groups in total. The van der Waals surface area contributed by atoms with Gasteiger partial charge in [-0.2, -0.15) is 5.26 Å². The van der Waals surface area contributed by atoms with Gasteiger partial charge in [0, 0.05) is 11.1 Å². The molecule has 2 aromatic rings. The number of aromatic nitrogens is 1. The molecule has 0 unspecified atom stereocenters. The van der Waals surface area contributed by atoms with Crippen LogP contribution in [-0.4, -0.2) is 14.8 Å². The number of aromatic hydroxyl groups is 2. The number of halogens is 1. The minimum atomic E-state index is -0.618. The molecule has 4 nitrogen and oxygen atoms in total. The minimum Gasteiger partial charge on any atom is -0.494 e. The molecule has 1 heterocycles. The number of nitrogens with zero attached hydrogens (tertiary/aromatic N) is 2. The molecule has 1 aliphatic rings. The predicted octanol–water partition coefficient (Wildman–Crippen LogP) is 2.78. The lowest BCUT2D eigenvalue weighted by Gasteiger charge is -2.09. The van der Waals surface area contributed by atoms with Crippen molar-refractivity contribution in [3.05, 3.63) is 40.7 Å². The highest BCUT2D eigenvalue weighted by atomic mass is 19.1. The Morgan fingerprint density at radius 2 is 1.70 bits per heavy atom. The molecule has 1 aromatic carbocycles. The Labute approximate surface area is 115 Å². The van der Waals surface area contributed by atoms with Gasteiger partial charge in [0.05, 0.1) is 11.3 Å². The molecule has 0 saturated carbocycles. The van der Waals surface area contributed by atoms with Crippen molar-refractivity contribution in [2.45, 2.75) is 25.7 Å². The highest BCUT2D eigenvalue weighted by Gasteiger charge is 2.25. The number of hydrogen-bond acceptors (Lipinski definition) is 3. The van der Waals surface area contributed by atoms with Crippen molar-refractivity contribution in [1.29, 1.82) is 5.26 Å². The van der Waals surface area contributed by atoms with E-state index in [2.05, 4.69) is 0 Å². The second kappa shape index (κ2) is 4.57. The van der Waals surface area contributed by atoms with Crippen LogP contribution in [0.1, 0.15) is 29.5 Å². The Hall–Kier alpha value is -2.48. The summed E-state index contributed by atoms with van der Waals surface area (Å²) in [6, 6.07) is 5.66. The van der Waals surface area contributed by atoms with Gasteiger partial charge in [-0.15, -0.1) is 0 Å². The van der Waals surface area contributed by atoms with Crippen molar-refractivity contribution < 1.29 is 14.6 Å². The molecular formula is C15H13FN2O2. The molecule has 102 valence electrons. The summed E-state index contributed by atoms with van der Waals surface area (Å²) >= 11 is 0. The van der Waals surface area contributed by atoms with Crippen LogP contribution >= 0.6 is 0 Å². The van der Waals surface area contributed by atoms with Crippen LogP contribution in [0.3, 0.4) is 0 Å². The van der Waals surface area contributed by atoms with Crippen LogP contribution in [0.4, 0.5) is 4.39 Å². The number of fused-ring (bicyclic) bond motifs is 1. The van der Waals surface area contributed by atoms with Crippen molar-refractivity contribution >= 4 is 0 Å². The zero-order valence-corrected chi connectivity index (χ0v) is 10.7. The predicted molar refractivity (Wildman–Crippen MR) is 70.4 cm³/mol. The second-order valence-electron chi connectivity index (χ2n) is 4.92.